The minimum atomic E-state index is -3.00. The van der Waals surface area contributed by atoms with Crippen LogP contribution in [0.25, 0.3) is 27.9 Å². The quantitative estimate of drug-likeness (QED) is 0.428. The Morgan fingerprint density at radius 3 is 2.80 bits per heavy atom. The van der Waals surface area contributed by atoms with E-state index in [1.54, 1.807) is 31.0 Å². The first-order chi connectivity index (χ1) is 17.1. The van der Waals surface area contributed by atoms with Gasteiger partial charge in [-0.2, -0.15) is 0 Å². The summed E-state index contributed by atoms with van der Waals surface area (Å²) in [5, 5.41) is 2.89. The van der Waals surface area contributed by atoms with Crippen molar-refractivity contribution in [1.29, 1.82) is 0 Å². The normalized spacial score (nSPS) is 20.5. The number of fused-ring (bicyclic) bond motifs is 2. The predicted octanol–water partition coefficient (Wildman–Crippen LogP) is 2.35. The number of H-pyrrole nitrogens is 2. The average Bonchev–Trinajstić information content (AvgIpc) is 3.30. The molecule has 186 valence electrons. The van der Waals surface area contributed by atoms with E-state index in [1.165, 1.54) is 22.2 Å². The topological polar surface area (TPSA) is 94.7 Å². The molecule has 1 saturated heterocycles. The number of hydrogen-bond donors (Lipinski definition) is 2. The first-order valence-corrected chi connectivity index (χ1v) is 11.1. The van der Waals surface area contributed by atoms with E-state index in [0.717, 1.165) is 0 Å². The molecule has 9 nitrogen and oxygen atoms in total. The van der Waals surface area contributed by atoms with Crippen molar-refractivity contribution in [2.45, 2.75) is 38.3 Å². The molecule has 1 aliphatic heterocycles. The van der Waals surface area contributed by atoms with Crippen LogP contribution in [0.5, 0.6) is 0 Å². The van der Waals surface area contributed by atoms with Gasteiger partial charge >= 0.3 is 0 Å². The zero-order chi connectivity index (χ0) is 25.8. The van der Waals surface area contributed by atoms with Crippen LogP contribution in [-0.2, 0) is 6.54 Å². The molecular weight excluding hydrogens is 466 g/mol. The van der Waals surface area contributed by atoms with Crippen LogP contribution in [0.4, 0.5) is 17.6 Å². The number of nitrogens with zero attached hydrogens (tertiary/aromatic N) is 7. The number of halogens is 4. The zero-order valence-corrected chi connectivity index (χ0v) is 19.4. The molecule has 1 aliphatic rings. The Balaban J connectivity index is 1.66. The van der Waals surface area contributed by atoms with Gasteiger partial charge in [0.05, 0.1) is 20.2 Å². The van der Waals surface area contributed by atoms with Crippen molar-refractivity contribution in [3.63, 3.8) is 0 Å². The van der Waals surface area contributed by atoms with Gasteiger partial charge in [0, 0.05) is 25.3 Å². The number of rotatable bonds is 4. The molecule has 0 radical (unpaired) electrons. The Kier molecular flexibility index (Phi) is 5.43. The maximum atomic E-state index is 14.6. The second-order valence-corrected chi connectivity index (χ2v) is 8.66. The third kappa shape index (κ3) is 4.24. The second-order valence-electron chi connectivity index (χ2n) is 8.66. The fraction of sp³-hybridized carbons (Fsp3) is 0.455. The van der Waals surface area contributed by atoms with Gasteiger partial charge in [0.15, 0.2) is 11.1 Å². The number of pyridine rings is 1. The Morgan fingerprint density at radius 1 is 1.29 bits per heavy atom. The standard InChI is InChI=1S/C22H25F4N9/c1-12-28-15-5-4-14(29-20(15)34(12)10-17(23)24)13-6-9-35-18(13)19(27-2)31-21(32-35)30-16-7-8-33(3)11-22(16,25)26/h4-6,9,16-17H,7-8,10-11H2,1-3H3,(H2,27,30,31,32)/t16-/m1/s1/i9D. The van der Waals surface area contributed by atoms with E-state index < -0.39 is 24.9 Å². The summed E-state index contributed by atoms with van der Waals surface area (Å²) in [5.74, 6) is -2.59. The fourth-order valence-corrected chi connectivity index (χ4v) is 4.46. The van der Waals surface area contributed by atoms with Crippen LogP contribution in [0.3, 0.4) is 0 Å². The molecule has 1 atom stereocenters. The molecule has 0 bridgehead atoms. The molecule has 5 rings (SSSR count). The first-order valence-electron chi connectivity index (χ1n) is 11.6. The van der Waals surface area contributed by atoms with E-state index in [-0.39, 0.29) is 24.8 Å². The smallest absolute Gasteiger partial charge is 0.282 e. The molecule has 4 aromatic rings. The molecule has 0 aliphatic carbocycles. The zero-order valence-electron chi connectivity index (χ0n) is 20.4. The van der Waals surface area contributed by atoms with Crippen molar-refractivity contribution in [3.05, 3.63) is 41.3 Å². The van der Waals surface area contributed by atoms with Crippen molar-refractivity contribution in [2.75, 3.05) is 27.2 Å². The lowest BCUT2D eigenvalue weighted by Crippen LogP contribution is -2.50. The van der Waals surface area contributed by atoms with Gasteiger partial charge in [0.1, 0.15) is 22.9 Å². The number of nitrogens with one attached hydrogen (secondary N) is 2. The summed E-state index contributed by atoms with van der Waals surface area (Å²) >= 11 is 0. The largest absolute Gasteiger partial charge is 0.308 e. The number of piperidine rings is 1. The molecule has 35 heavy (non-hydrogen) atoms. The Bertz CT molecular complexity index is 1580. The second kappa shape index (κ2) is 8.63. The van der Waals surface area contributed by atoms with Crippen LogP contribution in [0.2, 0.25) is 0 Å². The lowest BCUT2D eigenvalue weighted by molar-refractivity contribution is -0.0738. The number of aromatic nitrogens is 6. The molecule has 0 amide bonds. The lowest BCUT2D eigenvalue weighted by atomic mass is 10.0. The van der Waals surface area contributed by atoms with Crippen molar-refractivity contribution >= 4 is 16.7 Å². The Hall–Kier alpha value is -3.48. The highest BCUT2D eigenvalue weighted by Gasteiger charge is 2.43. The molecular formula is C22H25F4N9. The molecule has 0 spiro atoms. The molecule has 0 unspecified atom stereocenters. The number of alkyl halides is 4. The average molecular weight is 493 g/mol. The van der Waals surface area contributed by atoms with Crippen LogP contribution in [0.1, 0.15) is 13.6 Å². The fourth-order valence-electron chi connectivity index (χ4n) is 4.46. The van der Waals surface area contributed by atoms with E-state index in [1.807, 2.05) is 0 Å². The van der Waals surface area contributed by atoms with Gasteiger partial charge in [-0.3, -0.25) is 14.6 Å². The van der Waals surface area contributed by atoms with Crippen molar-refractivity contribution in [2.24, 2.45) is 9.98 Å². The van der Waals surface area contributed by atoms with E-state index >= 15 is 0 Å². The van der Waals surface area contributed by atoms with E-state index in [2.05, 4.69) is 30.0 Å². The van der Waals surface area contributed by atoms with Crippen molar-refractivity contribution in [3.8, 4) is 11.3 Å². The Morgan fingerprint density at radius 2 is 2.09 bits per heavy atom. The third-order valence-corrected chi connectivity index (χ3v) is 6.14. The van der Waals surface area contributed by atoms with E-state index in [4.69, 9.17) is 1.37 Å². The van der Waals surface area contributed by atoms with Crippen molar-refractivity contribution < 1.29 is 18.9 Å². The van der Waals surface area contributed by atoms with Gasteiger partial charge in [-0.25, -0.2) is 32.5 Å². The van der Waals surface area contributed by atoms with Crippen LogP contribution in [0, 0.1) is 6.92 Å². The molecule has 4 aromatic heterocycles. The summed E-state index contributed by atoms with van der Waals surface area (Å²) in [4.78, 5) is 21.9. The lowest BCUT2D eigenvalue weighted by Gasteiger charge is -2.34. The summed E-state index contributed by atoms with van der Waals surface area (Å²) in [5.41, 5.74) is 2.51. The maximum absolute atomic E-state index is 14.6. The van der Waals surface area contributed by atoms with Gasteiger partial charge in [0.25, 0.3) is 12.3 Å². The molecule has 0 saturated carbocycles. The highest BCUT2D eigenvalue weighted by atomic mass is 19.3. The number of likely N-dealkylation sites (tertiary alicyclic amines) is 1. The minimum absolute atomic E-state index is 0.0182. The first kappa shape index (κ1) is 22.0. The highest BCUT2D eigenvalue weighted by molar-refractivity contribution is 5.82. The van der Waals surface area contributed by atoms with Gasteiger partial charge < -0.3 is 14.5 Å². The summed E-state index contributed by atoms with van der Waals surface area (Å²) in [7, 11) is 3.17. The summed E-state index contributed by atoms with van der Waals surface area (Å²) in [6, 6.07) is 3.68. The monoisotopic (exact) mass is 492 g/mol. The minimum Gasteiger partial charge on any atom is -0.308 e. The van der Waals surface area contributed by atoms with E-state index in [0.29, 0.717) is 45.8 Å². The molecule has 2 N–H and O–H groups in total. The van der Waals surface area contributed by atoms with Crippen LogP contribution in [-0.4, -0.2) is 79.6 Å². The highest BCUT2D eigenvalue weighted by Crippen LogP contribution is 2.29. The number of aromatic amines is 2. The number of hydrogen-bond acceptors (Lipinski definition) is 5. The summed E-state index contributed by atoms with van der Waals surface area (Å²) < 4.78 is 66.6. The predicted molar refractivity (Wildman–Crippen MR) is 121 cm³/mol. The molecule has 5 heterocycles. The maximum Gasteiger partial charge on any atom is 0.282 e. The Labute approximate surface area is 198 Å². The van der Waals surface area contributed by atoms with Gasteiger partial charge in [-0.05, 0) is 38.6 Å². The summed E-state index contributed by atoms with van der Waals surface area (Å²) in [6.07, 6.45) is -2.37. The SMILES string of the molecule is [2H]c1cc(-c2ccc3nc(C)n(CC(F)F)c3n2)c2c(=NC)[nH]c(=N[C@@H]3CCN(C)CC3(F)F)[nH]n12. The molecule has 1 fully saturated rings. The van der Waals surface area contributed by atoms with Gasteiger partial charge in [-0.15, -0.1) is 0 Å². The third-order valence-electron chi connectivity index (χ3n) is 6.14. The van der Waals surface area contributed by atoms with E-state index in [9.17, 15) is 17.6 Å². The van der Waals surface area contributed by atoms with Gasteiger partial charge in [0.2, 0.25) is 5.62 Å². The number of imidazole rings is 1. The van der Waals surface area contributed by atoms with Crippen molar-refractivity contribution in [1.82, 2.24) is 34.0 Å². The van der Waals surface area contributed by atoms with Crippen LogP contribution >= 0.6 is 0 Å². The summed E-state index contributed by atoms with van der Waals surface area (Å²) in [6.45, 7) is 1.20. The molecule has 13 heteroatoms. The molecule has 0 aromatic carbocycles. The van der Waals surface area contributed by atoms with Gasteiger partial charge in [-0.1, -0.05) is 0 Å². The van der Waals surface area contributed by atoms with Crippen LogP contribution < -0.4 is 11.1 Å². The number of aryl methyl sites for hydroxylation is 1. The van der Waals surface area contributed by atoms with Crippen LogP contribution in [0.15, 0.2) is 34.4 Å².